The second-order valence-corrected chi connectivity index (χ2v) is 7.66. The van der Waals surface area contributed by atoms with Crippen LogP contribution in [0, 0.1) is 9.52 Å². The van der Waals surface area contributed by atoms with Crippen molar-refractivity contribution in [2.24, 2.45) is 0 Å². The molecule has 2 aromatic carbocycles. The number of nitrogens with two attached hydrogens (primary N) is 1. The normalized spacial score (nSPS) is 11.4. The topological polar surface area (TPSA) is 99.8 Å². The molecule has 0 unspecified atom stereocenters. The molecular formula is C21H13FIN5O2. The SMILES string of the molecule is Nc1ncnc2c1c(I)nn2Cc1oc2ccc(F)cc2c(=O)c1-c1ccccc1. The van der Waals surface area contributed by atoms with E-state index in [0.717, 1.165) is 0 Å². The van der Waals surface area contributed by atoms with Crippen LogP contribution in [-0.4, -0.2) is 19.7 Å². The first-order valence-corrected chi connectivity index (χ1v) is 10.0. The number of rotatable bonds is 3. The summed E-state index contributed by atoms with van der Waals surface area (Å²) in [5.41, 5.74) is 7.54. The van der Waals surface area contributed by atoms with E-state index in [-0.39, 0.29) is 17.4 Å². The van der Waals surface area contributed by atoms with Gasteiger partial charge in [-0.1, -0.05) is 30.3 Å². The van der Waals surface area contributed by atoms with Crippen molar-refractivity contribution in [1.82, 2.24) is 19.7 Å². The van der Waals surface area contributed by atoms with Gasteiger partial charge in [0.25, 0.3) is 0 Å². The number of nitrogen functional groups attached to an aromatic ring is 1. The molecule has 0 aliphatic carbocycles. The summed E-state index contributed by atoms with van der Waals surface area (Å²) in [7, 11) is 0. The van der Waals surface area contributed by atoms with Gasteiger partial charge in [-0.05, 0) is 46.4 Å². The summed E-state index contributed by atoms with van der Waals surface area (Å²) in [4.78, 5) is 21.6. The fraction of sp³-hybridized carbons (Fsp3) is 0.0476. The van der Waals surface area contributed by atoms with E-state index in [0.29, 0.717) is 43.0 Å². The minimum absolute atomic E-state index is 0.142. The zero-order valence-electron chi connectivity index (χ0n) is 15.3. The molecule has 7 nitrogen and oxygen atoms in total. The third-order valence-electron chi connectivity index (χ3n) is 4.80. The molecule has 2 N–H and O–H groups in total. The Morgan fingerprint density at radius 3 is 2.73 bits per heavy atom. The third-order valence-corrected chi connectivity index (χ3v) is 5.55. The van der Waals surface area contributed by atoms with Crippen LogP contribution in [0.5, 0.6) is 0 Å². The first-order chi connectivity index (χ1) is 14.5. The van der Waals surface area contributed by atoms with Crippen molar-refractivity contribution in [2.75, 3.05) is 5.73 Å². The molecule has 9 heteroatoms. The van der Waals surface area contributed by atoms with Gasteiger partial charge in [0.2, 0.25) is 5.43 Å². The van der Waals surface area contributed by atoms with Gasteiger partial charge in [-0.25, -0.2) is 19.0 Å². The molecule has 3 heterocycles. The molecule has 0 fully saturated rings. The number of nitrogens with zero attached hydrogens (tertiary/aromatic N) is 4. The lowest BCUT2D eigenvalue weighted by Gasteiger charge is -2.11. The average Bonchev–Trinajstić information content (AvgIpc) is 3.06. The van der Waals surface area contributed by atoms with Crippen molar-refractivity contribution in [3.63, 3.8) is 0 Å². The Morgan fingerprint density at radius 1 is 1.13 bits per heavy atom. The molecule has 0 atom stereocenters. The summed E-state index contributed by atoms with van der Waals surface area (Å²) in [6, 6.07) is 13.0. The summed E-state index contributed by atoms with van der Waals surface area (Å²) in [5.74, 6) is 0.221. The highest BCUT2D eigenvalue weighted by Crippen LogP contribution is 2.28. The molecule has 0 aliphatic heterocycles. The number of fused-ring (bicyclic) bond motifs is 2. The first-order valence-electron chi connectivity index (χ1n) is 8.96. The van der Waals surface area contributed by atoms with Crippen LogP contribution in [0.25, 0.3) is 33.1 Å². The molecule has 0 bridgehead atoms. The molecule has 5 rings (SSSR count). The summed E-state index contributed by atoms with van der Waals surface area (Å²) in [6.07, 6.45) is 1.36. The molecule has 0 saturated heterocycles. The summed E-state index contributed by atoms with van der Waals surface area (Å²) in [6.45, 7) is 0.142. The van der Waals surface area contributed by atoms with Crippen molar-refractivity contribution in [1.29, 1.82) is 0 Å². The minimum atomic E-state index is -0.499. The number of hydrogen-bond acceptors (Lipinski definition) is 6. The van der Waals surface area contributed by atoms with Gasteiger partial charge in [-0.2, -0.15) is 5.10 Å². The molecule has 0 saturated carbocycles. The second kappa shape index (κ2) is 7.17. The smallest absolute Gasteiger partial charge is 0.200 e. The first kappa shape index (κ1) is 18.7. The second-order valence-electron chi connectivity index (χ2n) is 6.64. The van der Waals surface area contributed by atoms with Crippen molar-refractivity contribution >= 4 is 50.4 Å². The summed E-state index contributed by atoms with van der Waals surface area (Å²) < 4.78 is 22.1. The van der Waals surface area contributed by atoms with E-state index in [2.05, 4.69) is 37.7 Å². The van der Waals surface area contributed by atoms with Crippen LogP contribution in [0.4, 0.5) is 10.2 Å². The highest BCUT2D eigenvalue weighted by Gasteiger charge is 2.20. The van der Waals surface area contributed by atoms with Crippen molar-refractivity contribution in [3.05, 3.63) is 80.4 Å². The summed E-state index contributed by atoms with van der Waals surface area (Å²) >= 11 is 2.07. The van der Waals surface area contributed by atoms with E-state index >= 15 is 0 Å². The highest BCUT2D eigenvalue weighted by molar-refractivity contribution is 14.1. The highest BCUT2D eigenvalue weighted by atomic mass is 127. The van der Waals surface area contributed by atoms with E-state index in [1.54, 1.807) is 4.68 Å². The zero-order valence-corrected chi connectivity index (χ0v) is 17.5. The Balaban J connectivity index is 1.78. The average molecular weight is 513 g/mol. The van der Waals surface area contributed by atoms with Gasteiger partial charge >= 0.3 is 0 Å². The van der Waals surface area contributed by atoms with Crippen molar-refractivity contribution in [2.45, 2.75) is 6.54 Å². The van der Waals surface area contributed by atoms with Crippen molar-refractivity contribution < 1.29 is 8.81 Å². The fourth-order valence-corrected chi connectivity index (χ4v) is 4.23. The number of aromatic nitrogens is 4. The van der Waals surface area contributed by atoms with Crippen LogP contribution in [0.1, 0.15) is 5.76 Å². The Hall–Kier alpha value is -3.34. The lowest BCUT2D eigenvalue weighted by molar-refractivity contribution is 0.504. The van der Waals surface area contributed by atoms with Gasteiger partial charge in [0.1, 0.15) is 39.6 Å². The molecule has 0 aliphatic rings. The minimum Gasteiger partial charge on any atom is -0.458 e. The fourth-order valence-electron chi connectivity index (χ4n) is 3.45. The van der Waals surface area contributed by atoms with E-state index < -0.39 is 5.82 Å². The van der Waals surface area contributed by atoms with Crippen LogP contribution in [-0.2, 0) is 6.54 Å². The number of anilines is 1. The molecule has 3 aromatic heterocycles. The maximum absolute atomic E-state index is 13.8. The Bertz CT molecular complexity index is 1480. The van der Waals surface area contributed by atoms with Crippen LogP contribution in [0.2, 0.25) is 0 Å². The van der Waals surface area contributed by atoms with Gasteiger partial charge in [0.05, 0.1) is 16.3 Å². The number of benzene rings is 2. The van der Waals surface area contributed by atoms with Gasteiger partial charge in [-0.15, -0.1) is 0 Å². The van der Waals surface area contributed by atoms with Crippen LogP contribution >= 0.6 is 22.6 Å². The summed E-state index contributed by atoms with van der Waals surface area (Å²) in [5, 5.41) is 5.33. The van der Waals surface area contributed by atoms with Gasteiger partial charge in [0, 0.05) is 0 Å². The molecule has 5 aromatic rings. The molecule has 148 valence electrons. The monoisotopic (exact) mass is 513 g/mol. The maximum Gasteiger partial charge on any atom is 0.200 e. The van der Waals surface area contributed by atoms with Crippen LogP contribution < -0.4 is 11.2 Å². The third kappa shape index (κ3) is 3.02. The van der Waals surface area contributed by atoms with E-state index in [4.69, 9.17) is 10.2 Å². The molecule has 0 spiro atoms. The molecular weight excluding hydrogens is 500 g/mol. The largest absolute Gasteiger partial charge is 0.458 e. The van der Waals surface area contributed by atoms with Crippen LogP contribution in [0.15, 0.2) is 64.1 Å². The Morgan fingerprint density at radius 2 is 1.93 bits per heavy atom. The van der Waals surface area contributed by atoms with Gasteiger partial charge < -0.3 is 10.2 Å². The van der Waals surface area contributed by atoms with Gasteiger partial charge in [-0.3, -0.25) is 4.79 Å². The van der Waals surface area contributed by atoms with Crippen molar-refractivity contribution in [3.8, 4) is 11.1 Å². The lowest BCUT2D eigenvalue weighted by Crippen LogP contribution is -2.13. The predicted octanol–water partition coefficient (Wildman–Crippen LogP) is 3.97. The number of halogens is 2. The quantitative estimate of drug-likeness (QED) is 0.367. The number of hydrogen-bond donors (Lipinski definition) is 1. The van der Waals surface area contributed by atoms with Gasteiger partial charge in [0.15, 0.2) is 5.65 Å². The standard InChI is InChI=1S/C21H13FIN5O2/c22-12-6-7-14-13(8-12)18(29)16(11-4-2-1-3-5-11)15(30-14)9-28-21-17(19(23)27-28)20(24)25-10-26-21/h1-8,10H,9H2,(H2,24,25,26). The predicted molar refractivity (Wildman–Crippen MR) is 119 cm³/mol. The van der Waals surface area contributed by atoms with Crippen LogP contribution in [0.3, 0.4) is 0 Å². The Labute approximate surface area is 182 Å². The molecule has 0 radical (unpaired) electrons. The molecule has 30 heavy (non-hydrogen) atoms. The zero-order chi connectivity index (χ0) is 20.8. The van der Waals surface area contributed by atoms with E-state index in [1.807, 2.05) is 30.3 Å². The molecule has 0 amide bonds. The Kier molecular flexibility index (Phi) is 4.46. The maximum atomic E-state index is 13.8. The van der Waals surface area contributed by atoms with E-state index in [1.165, 1.54) is 24.5 Å². The lowest BCUT2D eigenvalue weighted by atomic mass is 10.0. The van der Waals surface area contributed by atoms with E-state index in [9.17, 15) is 9.18 Å².